The number of nitrogens with one attached hydrogen (secondary N) is 1. The maximum Gasteiger partial charge on any atom is 0.0921 e. The second-order valence-electron chi connectivity index (χ2n) is 2.22. The van der Waals surface area contributed by atoms with Gasteiger partial charge in [0.2, 0.25) is 0 Å². The van der Waals surface area contributed by atoms with Crippen LogP contribution in [-0.4, -0.2) is 27.7 Å². The van der Waals surface area contributed by atoms with Crippen molar-refractivity contribution in [3.8, 4) is 0 Å². The molecule has 0 unspecified atom stereocenters. The third-order valence-electron chi connectivity index (χ3n) is 1.27. The van der Waals surface area contributed by atoms with Gasteiger partial charge in [-0.05, 0) is 0 Å². The van der Waals surface area contributed by atoms with Crippen LogP contribution in [0.5, 0.6) is 0 Å². The van der Waals surface area contributed by atoms with E-state index in [0.29, 0.717) is 6.42 Å². The standard InChI is InChI=1S/C6H11N3O.2ClH/c7-5(3-10)1-6-2-8-4-9-6;;/h2,4-5,10H,1,3,7H2,(H,8,9);2*1H/t5-;;/m1../s1. The lowest BCUT2D eigenvalue weighted by molar-refractivity contribution is 0.264. The van der Waals surface area contributed by atoms with Gasteiger partial charge in [0.05, 0.1) is 12.9 Å². The summed E-state index contributed by atoms with van der Waals surface area (Å²) in [6, 6.07) is -0.180. The molecule has 72 valence electrons. The van der Waals surface area contributed by atoms with E-state index in [1.165, 1.54) is 0 Å². The van der Waals surface area contributed by atoms with Crippen LogP contribution in [0.2, 0.25) is 0 Å². The number of hydrogen-bond donors (Lipinski definition) is 3. The average Bonchev–Trinajstić information content (AvgIpc) is 2.40. The molecule has 0 aliphatic heterocycles. The quantitative estimate of drug-likeness (QED) is 0.668. The molecule has 1 atom stereocenters. The number of aliphatic hydroxyl groups excluding tert-OH is 1. The summed E-state index contributed by atoms with van der Waals surface area (Å²) >= 11 is 0. The second kappa shape index (κ2) is 7.36. The normalized spacial score (nSPS) is 11.2. The van der Waals surface area contributed by atoms with Crippen LogP contribution in [0.3, 0.4) is 0 Å². The lowest BCUT2D eigenvalue weighted by Crippen LogP contribution is -2.26. The second-order valence-corrected chi connectivity index (χ2v) is 2.22. The van der Waals surface area contributed by atoms with E-state index in [-0.39, 0.29) is 37.5 Å². The molecule has 0 aliphatic carbocycles. The third-order valence-corrected chi connectivity index (χ3v) is 1.27. The van der Waals surface area contributed by atoms with Crippen molar-refractivity contribution < 1.29 is 5.11 Å². The van der Waals surface area contributed by atoms with Crippen molar-refractivity contribution in [1.29, 1.82) is 0 Å². The van der Waals surface area contributed by atoms with Crippen molar-refractivity contribution >= 4 is 24.8 Å². The van der Waals surface area contributed by atoms with Crippen molar-refractivity contribution in [2.24, 2.45) is 5.73 Å². The minimum absolute atomic E-state index is 0. The van der Waals surface area contributed by atoms with Crippen molar-refractivity contribution in [2.75, 3.05) is 6.61 Å². The van der Waals surface area contributed by atoms with Crippen molar-refractivity contribution in [2.45, 2.75) is 12.5 Å². The maximum absolute atomic E-state index is 8.57. The van der Waals surface area contributed by atoms with Gasteiger partial charge in [0, 0.05) is 24.4 Å². The molecule has 0 saturated carbocycles. The summed E-state index contributed by atoms with van der Waals surface area (Å²) in [4.78, 5) is 6.72. The van der Waals surface area contributed by atoms with Crippen LogP contribution < -0.4 is 5.73 Å². The van der Waals surface area contributed by atoms with E-state index in [0.717, 1.165) is 5.69 Å². The van der Waals surface area contributed by atoms with Gasteiger partial charge in [0.1, 0.15) is 0 Å². The lowest BCUT2D eigenvalue weighted by atomic mass is 10.2. The Morgan fingerprint density at radius 2 is 2.25 bits per heavy atom. The highest BCUT2D eigenvalue weighted by molar-refractivity contribution is 5.85. The smallest absolute Gasteiger partial charge is 0.0921 e. The molecule has 0 bridgehead atoms. The van der Waals surface area contributed by atoms with Crippen LogP contribution >= 0.6 is 24.8 Å². The number of hydrogen-bond acceptors (Lipinski definition) is 3. The summed E-state index contributed by atoms with van der Waals surface area (Å²) in [5.74, 6) is 0. The molecule has 0 radical (unpaired) electrons. The Kier molecular flexibility index (Phi) is 8.74. The zero-order chi connectivity index (χ0) is 7.40. The number of halogens is 2. The number of rotatable bonds is 3. The van der Waals surface area contributed by atoms with Crippen LogP contribution in [-0.2, 0) is 6.42 Å². The minimum atomic E-state index is -0.180. The minimum Gasteiger partial charge on any atom is -0.395 e. The SMILES string of the molecule is Cl.Cl.N[C@@H](CO)Cc1cnc[nH]1. The molecular weight excluding hydrogens is 201 g/mol. The zero-order valence-corrected chi connectivity index (χ0v) is 8.07. The highest BCUT2D eigenvalue weighted by Crippen LogP contribution is 1.94. The monoisotopic (exact) mass is 213 g/mol. The Hall–Kier alpha value is -0.290. The van der Waals surface area contributed by atoms with Gasteiger partial charge in [0.15, 0.2) is 0 Å². The summed E-state index contributed by atoms with van der Waals surface area (Å²) in [5, 5.41) is 8.57. The Morgan fingerprint density at radius 1 is 1.58 bits per heavy atom. The van der Waals surface area contributed by atoms with Crippen LogP contribution in [0, 0.1) is 0 Å². The number of nitrogens with zero attached hydrogens (tertiary/aromatic N) is 1. The molecule has 1 rings (SSSR count). The number of aliphatic hydroxyl groups is 1. The van der Waals surface area contributed by atoms with Gasteiger partial charge in [-0.2, -0.15) is 0 Å². The number of H-pyrrole nitrogens is 1. The molecule has 1 aromatic heterocycles. The van der Waals surface area contributed by atoms with Crippen LogP contribution in [0.25, 0.3) is 0 Å². The maximum atomic E-state index is 8.57. The lowest BCUT2D eigenvalue weighted by Gasteiger charge is -2.03. The molecule has 0 saturated heterocycles. The van der Waals surface area contributed by atoms with E-state index in [1.807, 2.05) is 0 Å². The first kappa shape index (κ1) is 14.2. The fourth-order valence-electron chi connectivity index (χ4n) is 0.743. The van der Waals surface area contributed by atoms with Gasteiger partial charge in [-0.15, -0.1) is 24.8 Å². The average molecular weight is 214 g/mol. The van der Waals surface area contributed by atoms with E-state index in [2.05, 4.69) is 9.97 Å². The Morgan fingerprint density at radius 3 is 2.67 bits per heavy atom. The molecule has 0 spiro atoms. The van der Waals surface area contributed by atoms with E-state index in [4.69, 9.17) is 10.8 Å². The van der Waals surface area contributed by atoms with E-state index >= 15 is 0 Å². The van der Waals surface area contributed by atoms with Crippen LogP contribution in [0.1, 0.15) is 5.69 Å². The largest absolute Gasteiger partial charge is 0.395 e. The number of aromatic nitrogens is 2. The fraction of sp³-hybridized carbons (Fsp3) is 0.500. The van der Waals surface area contributed by atoms with E-state index in [9.17, 15) is 0 Å². The predicted molar refractivity (Wildman–Crippen MR) is 51.8 cm³/mol. The van der Waals surface area contributed by atoms with Crippen molar-refractivity contribution in [3.05, 3.63) is 18.2 Å². The molecular formula is C6H13Cl2N3O. The molecule has 12 heavy (non-hydrogen) atoms. The van der Waals surface area contributed by atoms with Crippen molar-refractivity contribution in [1.82, 2.24) is 9.97 Å². The first-order valence-electron chi connectivity index (χ1n) is 3.16. The summed E-state index contributed by atoms with van der Waals surface area (Å²) in [5.41, 5.74) is 6.43. The van der Waals surface area contributed by atoms with Gasteiger partial charge in [-0.25, -0.2) is 4.98 Å². The third kappa shape index (κ3) is 4.56. The molecule has 1 heterocycles. The molecule has 0 amide bonds. The number of aromatic amines is 1. The van der Waals surface area contributed by atoms with E-state index < -0.39 is 0 Å². The molecule has 4 nitrogen and oxygen atoms in total. The first-order chi connectivity index (χ1) is 4.83. The summed E-state index contributed by atoms with van der Waals surface area (Å²) < 4.78 is 0. The summed E-state index contributed by atoms with van der Waals surface area (Å²) in [6.07, 6.45) is 3.95. The van der Waals surface area contributed by atoms with Gasteiger partial charge < -0.3 is 15.8 Å². The van der Waals surface area contributed by atoms with Gasteiger partial charge in [0.25, 0.3) is 0 Å². The van der Waals surface area contributed by atoms with Gasteiger partial charge in [-0.3, -0.25) is 0 Å². The molecule has 4 N–H and O–H groups in total. The van der Waals surface area contributed by atoms with Gasteiger partial charge in [-0.1, -0.05) is 0 Å². The molecule has 0 aromatic carbocycles. The van der Waals surface area contributed by atoms with Gasteiger partial charge >= 0.3 is 0 Å². The van der Waals surface area contributed by atoms with Crippen LogP contribution in [0.15, 0.2) is 12.5 Å². The number of imidazole rings is 1. The Bertz CT molecular complexity index is 181. The molecule has 0 aliphatic rings. The Balaban J connectivity index is 0. The summed E-state index contributed by atoms with van der Waals surface area (Å²) in [7, 11) is 0. The molecule has 6 heteroatoms. The fourth-order valence-corrected chi connectivity index (χ4v) is 0.743. The van der Waals surface area contributed by atoms with Crippen molar-refractivity contribution in [3.63, 3.8) is 0 Å². The topological polar surface area (TPSA) is 74.9 Å². The molecule has 0 fully saturated rings. The molecule has 1 aromatic rings. The summed E-state index contributed by atoms with van der Waals surface area (Å²) in [6.45, 7) is 0.0129. The van der Waals surface area contributed by atoms with E-state index in [1.54, 1.807) is 12.5 Å². The highest BCUT2D eigenvalue weighted by atomic mass is 35.5. The first-order valence-corrected chi connectivity index (χ1v) is 3.16. The Labute approximate surface area is 83.4 Å². The zero-order valence-electron chi connectivity index (χ0n) is 6.43. The number of nitrogens with two attached hydrogens (primary N) is 1. The highest BCUT2D eigenvalue weighted by Gasteiger charge is 2.01. The predicted octanol–water partition coefficient (Wildman–Crippen LogP) is 0.115. The van der Waals surface area contributed by atoms with Crippen LogP contribution in [0.4, 0.5) is 0 Å².